The molecule has 0 unspecified atom stereocenters. The summed E-state index contributed by atoms with van der Waals surface area (Å²) < 4.78 is 4.01. The number of carbonyl (C=O) groups is 1. The summed E-state index contributed by atoms with van der Waals surface area (Å²) in [4.78, 5) is 19.3. The molecule has 0 fully saturated rings. The van der Waals surface area contributed by atoms with Gasteiger partial charge in [0.2, 0.25) is 0 Å². The Hall–Kier alpha value is -2.35. The molecular formula is C20H33N7O. The van der Waals surface area contributed by atoms with Gasteiger partial charge < -0.3 is 15.2 Å². The Labute approximate surface area is 167 Å². The molecule has 8 nitrogen and oxygen atoms in total. The van der Waals surface area contributed by atoms with E-state index in [-0.39, 0.29) is 18.0 Å². The highest BCUT2D eigenvalue weighted by atomic mass is 16.2. The molecule has 2 aromatic heterocycles. The molecular weight excluding hydrogens is 354 g/mol. The normalized spacial score (nSPS) is 15.5. The van der Waals surface area contributed by atoms with E-state index in [1.54, 1.807) is 6.20 Å². The summed E-state index contributed by atoms with van der Waals surface area (Å²) in [5, 5.41) is 10.6. The van der Waals surface area contributed by atoms with Crippen molar-refractivity contribution in [3.8, 4) is 0 Å². The first-order valence-corrected chi connectivity index (χ1v) is 10.3. The maximum atomic E-state index is 12.4. The van der Waals surface area contributed by atoms with Crippen LogP contribution in [-0.2, 0) is 26.7 Å². The molecule has 3 rings (SSSR count). The maximum absolute atomic E-state index is 12.4. The number of aromatic nitrogens is 4. The molecule has 1 aliphatic heterocycles. The molecule has 1 aliphatic rings. The highest BCUT2D eigenvalue weighted by Gasteiger charge is 2.22. The van der Waals surface area contributed by atoms with Gasteiger partial charge in [-0.1, -0.05) is 27.2 Å². The first kappa shape index (κ1) is 20.4. The number of unbranched alkanes of at least 4 members (excludes halogenated alkanes) is 1. The highest BCUT2D eigenvalue weighted by molar-refractivity contribution is 5.74. The molecule has 28 heavy (non-hydrogen) atoms. The molecule has 2 aromatic rings. The molecule has 0 bridgehead atoms. The van der Waals surface area contributed by atoms with Gasteiger partial charge in [-0.2, -0.15) is 5.10 Å². The van der Waals surface area contributed by atoms with E-state index in [1.165, 1.54) is 18.5 Å². The van der Waals surface area contributed by atoms with E-state index in [4.69, 9.17) is 0 Å². The molecule has 0 saturated carbocycles. The zero-order chi connectivity index (χ0) is 20.1. The van der Waals surface area contributed by atoms with Gasteiger partial charge in [-0.15, -0.1) is 0 Å². The van der Waals surface area contributed by atoms with Crippen molar-refractivity contribution < 1.29 is 4.79 Å². The van der Waals surface area contributed by atoms with Crippen molar-refractivity contribution in [3.63, 3.8) is 0 Å². The van der Waals surface area contributed by atoms with Crippen LogP contribution < -0.4 is 10.6 Å². The number of nitrogens with one attached hydrogen (secondary N) is 2. The zero-order valence-electron chi connectivity index (χ0n) is 17.5. The predicted molar refractivity (Wildman–Crippen MR) is 109 cm³/mol. The van der Waals surface area contributed by atoms with Gasteiger partial charge in [-0.25, -0.2) is 9.78 Å². The van der Waals surface area contributed by atoms with E-state index in [0.717, 1.165) is 37.7 Å². The van der Waals surface area contributed by atoms with Gasteiger partial charge in [0.25, 0.3) is 0 Å². The molecule has 2 N–H and O–H groups in total. The smallest absolute Gasteiger partial charge is 0.315 e. The zero-order valence-corrected chi connectivity index (χ0v) is 17.5. The van der Waals surface area contributed by atoms with Crippen LogP contribution in [-0.4, -0.2) is 43.4 Å². The third-order valence-electron chi connectivity index (χ3n) is 5.28. The van der Waals surface area contributed by atoms with Gasteiger partial charge in [0.15, 0.2) is 0 Å². The molecule has 0 aromatic carbocycles. The Bertz CT molecular complexity index is 779. The molecule has 8 heteroatoms. The monoisotopic (exact) mass is 387 g/mol. The fraction of sp³-hybridized carbons (Fsp3) is 0.650. The van der Waals surface area contributed by atoms with Crippen LogP contribution in [0.15, 0.2) is 18.5 Å². The maximum Gasteiger partial charge on any atom is 0.315 e. The second-order valence-corrected chi connectivity index (χ2v) is 7.92. The standard InChI is InChI=1S/C20H33N7O/c1-5-6-8-26-10-11-27-17(14-26)12-16(24-27)13-22-20(28)23-18(15(2)3)19-21-7-9-25(19)4/h7,9,12,15,18H,5-6,8,10-11,13-14H2,1-4H3,(H2,22,23,28)/t18-/m1/s1. The summed E-state index contributed by atoms with van der Waals surface area (Å²) >= 11 is 0. The van der Waals surface area contributed by atoms with E-state index in [0.29, 0.717) is 6.54 Å². The number of fused-ring (bicyclic) bond motifs is 1. The third kappa shape index (κ3) is 4.92. The third-order valence-corrected chi connectivity index (χ3v) is 5.28. The number of rotatable bonds is 8. The fourth-order valence-electron chi connectivity index (χ4n) is 3.61. The van der Waals surface area contributed by atoms with Crippen molar-refractivity contribution in [1.29, 1.82) is 0 Å². The van der Waals surface area contributed by atoms with Crippen LogP contribution in [0.1, 0.15) is 56.9 Å². The summed E-state index contributed by atoms with van der Waals surface area (Å²) in [5.41, 5.74) is 2.13. The van der Waals surface area contributed by atoms with Crippen molar-refractivity contribution in [3.05, 3.63) is 35.7 Å². The van der Waals surface area contributed by atoms with Gasteiger partial charge in [0.05, 0.1) is 30.5 Å². The Morgan fingerprint density at radius 1 is 1.32 bits per heavy atom. The van der Waals surface area contributed by atoms with Gasteiger partial charge in [0, 0.05) is 32.5 Å². The number of imidazole rings is 1. The van der Waals surface area contributed by atoms with E-state index in [2.05, 4.69) is 57.1 Å². The average molecular weight is 388 g/mol. The van der Waals surface area contributed by atoms with E-state index >= 15 is 0 Å². The minimum absolute atomic E-state index is 0.137. The van der Waals surface area contributed by atoms with Crippen LogP contribution in [0.5, 0.6) is 0 Å². The molecule has 0 spiro atoms. The molecule has 0 radical (unpaired) electrons. The lowest BCUT2D eigenvalue weighted by molar-refractivity contribution is 0.210. The lowest BCUT2D eigenvalue weighted by Gasteiger charge is -2.27. The van der Waals surface area contributed by atoms with Crippen molar-refractivity contribution in [2.45, 2.75) is 59.3 Å². The molecule has 3 heterocycles. The van der Waals surface area contributed by atoms with Crippen LogP contribution in [0.3, 0.4) is 0 Å². The number of carbonyl (C=O) groups excluding carboxylic acids is 1. The van der Waals surface area contributed by atoms with Gasteiger partial charge in [-0.3, -0.25) is 9.58 Å². The highest BCUT2D eigenvalue weighted by Crippen LogP contribution is 2.19. The van der Waals surface area contributed by atoms with Crippen LogP contribution in [0.2, 0.25) is 0 Å². The van der Waals surface area contributed by atoms with Crippen LogP contribution in [0.4, 0.5) is 4.79 Å². The first-order valence-electron chi connectivity index (χ1n) is 10.3. The number of aryl methyl sites for hydroxylation is 1. The lowest BCUT2D eigenvalue weighted by Crippen LogP contribution is -2.40. The minimum Gasteiger partial charge on any atom is -0.336 e. The Morgan fingerprint density at radius 2 is 2.14 bits per heavy atom. The SMILES string of the molecule is CCCCN1CCn2nc(CNC(=O)N[C@@H](c3nccn3C)C(C)C)cc2C1. The van der Waals surface area contributed by atoms with E-state index < -0.39 is 0 Å². The van der Waals surface area contributed by atoms with Crippen LogP contribution in [0, 0.1) is 5.92 Å². The second kappa shape index (κ2) is 9.23. The summed E-state index contributed by atoms with van der Waals surface area (Å²) in [6.07, 6.45) is 6.10. The minimum atomic E-state index is -0.197. The van der Waals surface area contributed by atoms with Crippen LogP contribution >= 0.6 is 0 Å². The Morgan fingerprint density at radius 3 is 2.82 bits per heavy atom. The molecule has 154 valence electrons. The lowest BCUT2D eigenvalue weighted by atomic mass is 10.0. The van der Waals surface area contributed by atoms with E-state index in [9.17, 15) is 4.79 Å². The predicted octanol–water partition coefficient (Wildman–Crippen LogP) is 2.43. The summed E-state index contributed by atoms with van der Waals surface area (Å²) in [6, 6.07) is 1.77. The number of urea groups is 1. The summed E-state index contributed by atoms with van der Waals surface area (Å²) in [5.74, 6) is 1.09. The summed E-state index contributed by atoms with van der Waals surface area (Å²) in [7, 11) is 1.94. The number of hydrogen-bond acceptors (Lipinski definition) is 4. The van der Waals surface area contributed by atoms with Crippen molar-refractivity contribution in [2.75, 3.05) is 13.1 Å². The Balaban J connectivity index is 1.54. The van der Waals surface area contributed by atoms with Gasteiger partial charge >= 0.3 is 6.03 Å². The fourth-order valence-corrected chi connectivity index (χ4v) is 3.61. The second-order valence-electron chi connectivity index (χ2n) is 7.92. The van der Waals surface area contributed by atoms with Crippen LogP contribution in [0.25, 0.3) is 0 Å². The van der Waals surface area contributed by atoms with Crippen molar-refractivity contribution in [2.24, 2.45) is 13.0 Å². The molecule has 0 aliphatic carbocycles. The number of nitrogens with zero attached hydrogens (tertiary/aromatic N) is 5. The van der Waals surface area contributed by atoms with Gasteiger partial charge in [-0.05, 0) is 24.9 Å². The summed E-state index contributed by atoms with van der Waals surface area (Å²) in [6.45, 7) is 10.8. The Kier molecular flexibility index (Phi) is 6.72. The molecule has 1 atom stereocenters. The first-order chi connectivity index (χ1) is 13.5. The largest absolute Gasteiger partial charge is 0.336 e. The quantitative estimate of drug-likeness (QED) is 0.729. The van der Waals surface area contributed by atoms with Crippen molar-refractivity contribution >= 4 is 6.03 Å². The number of amides is 2. The van der Waals surface area contributed by atoms with Gasteiger partial charge in [0.1, 0.15) is 5.82 Å². The van der Waals surface area contributed by atoms with E-state index in [1.807, 2.05) is 17.8 Å². The van der Waals surface area contributed by atoms with Crippen molar-refractivity contribution in [1.82, 2.24) is 34.9 Å². The molecule has 2 amide bonds. The topological polar surface area (TPSA) is 80.0 Å². The average Bonchev–Trinajstić information content (AvgIpc) is 3.27. The number of hydrogen-bond donors (Lipinski definition) is 2. The molecule has 0 saturated heterocycles.